The third kappa shape index (κ3) is 3.83. The molecule has 5 heteroatoms. The number of ether oxygens (including phenoxy) is 1. The van der Waals surface area contributed by atoms with Crippen molar-refractivity contribution in [3.8, 4) is 5.75 Å². The summed E-state index contributed by atoms with van der Waals surface area (Å²) in [5.74, 6) is 1.59. The zero-order valence-corrected chi connectivity index (χ0v) is 15.9. The third-order valence-corrected chi connectivity index (χ3v) is 5.01. The molecule has 0 fully saturated rings. The molecule has 2 heterocycles. The first-order valence-corrected chi connectivity index (χ1v) is 9.47. The van der Waals surface area contributed by atoms with Gasteiger partial charge < -0.3 is 15.0 Å². The topological polar surface area (TPSA) is 54.5 Å². The predicted molar refractivity (Wildman–Crippen MR) is 110 cm³/mol. The maximum absolute atomic E-state index is 12.4. The molecule has 1 aliphatic rings. The van der Waals surface area contributed by atoms with Crippen molar-refractivity contribution in [3.63, 3.8) is 0 Å². The largest absolute Gasteiger partial charge is 0.497 e. The Morgan fingerprint density at radius 2 is 2.04 bits per heavy atom. The first kappa shape index (κ1) is 18.0. The summed E-state index contributed by atoms with van der Waals surface area (Å²) in [4.78, 5) is 19.1. The molecule has 142 valence electrons. The zero-order chi connectivity index (χ0) is 19.3. The molecule has 1 aromatic heterocycles. The molecule has 0 spiro atoms. The maximum atomic E-state index is 12.4. The summed E-state index contributed by atoms with van der Waals surface area (Å²) in [7, 11) is 1.65. The number of pyridine rings is 1. The molecule has 4 rings (SSSR count). The van der Waals surface area contributed by atoms with Crippen LogP contribution in [0.15, 0.2) is 66.9 Å². The van der Waals surface area contributed by atoms with Crippen LogP contribution in [0.3, 0.4) is 0 Å². The molecule has 0 bridgehead atoms. The molecule has 1 aliphatic heterocycles. The number of rotatable bonds is 6. The lowest BCUT2D eigenvalue weighted by Crippen LogP contribution is -2.26. The first-order chi connectivity index (χ1) is 13.7. The molecule has 0 unspecified atom stereocenters. The number of carbonyl (C=O) groups is 1. The van der Waals surface area contributed by atoms with E-state index in [1.807, 2.05) is 42.5 Å². The molecular weight excluding hydrogens is 350 g/mol. The highest BCUT2D eigenvalue weighted by molar-refractivity contribution is 5.94. The summed E-state index contributed by atoms with van der Waals surface area (Å²) in [5.41, 5.74) is 4.23. The van der Waals surface area contributed by atoms with Crippen LogP contribution in [0.1, 0.15) is 21.5 Å². The molecule has 1 N–H and O–H groups in total. The summed E-state index contributed by atoms with van der Waals surface area (Å²) in [5, 5.41) is 2.96. The summed E-state index contributed by atoms with van der Waals surface area (Å²) >= 11 is 0. The number of nitrogens with one attached hydrogen (secondary N) is 1. The van der Waals surface area contributed by atoms with E-state index in [-0.39, 0.29) is 5.91 Å². The van der Waals surface area contributed by atoms with Crippen LogP contribution in [0.25, 0.3) is 0 Å². The van der Waals surface area contributed by atoms with Crippen molar-refractivity contribution < 1.29 is 9.53 Å². The summed E-state index contributed by atoms with van der Waals surface area (Å²) in [6.07, 6.45) is 3.42. The summed E-state index contributed by atoms with van der Waals surface area (Å²) in [6.45, 7) is 1.48. The first-order valence-electron chi connectivity index (χ1n) is 9.47. The Bertz CT molecular complexity index is 970. The van der Waals surface area contributed by atoms with Gasteiger partial charge in [0.15, 0.2) is 0 Å². The maximum Gasteiger partial charge on any atom is 0.252 e. The number of methoxy groups -OCH3 is 1. The normalized spacial score (nSPS) is 12.5. The number of amides is 1. The Hall–Kier alpha value is -3.34. The molecule has 2 aromatic carbocycles. The second-order valence-electron chi connectivity index (χ2n) is 6.79. The van der Waals surface area contributed by atoms with E-state index in [1.54, 1.807) is 13.3 Å². The minimum atomic E-state index is -0.108. The van der Waals surface area contributed by atoms with E-state index in [2.05, 4.69) is 33.4 Å². The molecule has 5 nitrogen and oxygen atoms in total. The third-order valence-electron chi connectivity index (χ3n) is 5.01. The fourth-order valence-corrected chi connectivity index (χ4v) is 3.51. The van der Waals surface area contributed by atoms with Crippen LogP contribution in [0.4, 0.5) is 11.5 Å². The Labute approximate surface area is 165 Å². The highest BCUT2D eigenvalue weighted by atomic mass is 16.5. The fourth-order valence-electron chi connectivity index (χ4n) is 3.51. The quantitative estimate of drug-likeness (QED) is 0.715. The average Bonchev–Trinajstić information content (AvgIpc) is 3.18. The highest BCUT2D eigenvalue weighted by Gasteiger charge is 2.20. The summed E-state index contributed by atoms with van der Waals surface area (Å²) in [6, 6.07) is 20.0. The van der Waals surface area contributed by atoms with Gasteiger partial charge in [-0.1, -0.05) is 30.3 Å². The van der Waals surface area contributed by atoms with Gasteiger partial charge in [0, 0.05) is 25.0 Å². The molecule has 0 saturated heterocycles. The standard InChI is InChI=1S/C23H23N3O2/c1-28-20-7-4-5-17(15-20)11-13-24-23(27)19-9-10-22(25-16-19)26-14-12-18-6-2-3-8-21(18)26/h2-10,15-16H,11-14H2,1H3,(H,24,27). The lowest BCUT2D eigenvalue weighted by Gasteiger charge is -2.18. The minimum Gasteiger partial charge on any atom is -0.497 e. The number of nitrogens with zero attached hydrogens (tertiary/aromatic N) is 2. The zero-order valence-electron chi connectivity index (χ0n) is 15.9. The molecule has 3 aromatic rings. The van der Waals surface area contributed by atoms with E-state index in [9.17, 15) is 4.79 Å². The number of benzene rings is 2. The molecular formula is C23H23N3O2. The van der Waals surface area contributed by atoms with Gasteiger partial charge in [0.05, 0.1) is 12.7 Å². The van der Waals surface area contributed by atoms with Gasteiger partial charge in [-0.3, -0.25) is 4.79 Å². The smallest absolute Gasteiger partial charge is 0.252 e. The van der Waals surface area contributed by atoms with Gasteiger partial charge in [0.1, 0.15) is 11.6 Å². The van der Waals surface area contributed by atoms with Crippen molar-refractivity contribution in [2.24, 2.45) is 0 Å². The van der Waals surface area contributed by atoms with Crippen molar-refractivity contribution in [3.05, 3.63) is 83.6 Å². The molecule has 0 radical (unpaired) electrons. The van der Waals surface area contributed by atoms with Crippen LogP contribution in [0, 0.1) is 0 Å². The number of para-hydroxylation sites is 1. The van der Waals surface area contributed by atoms with Crippen molar-refractivity contribution in [1.29, 1.82) is 0 Å². The number of carbonyl (C=O) groups excluding carboxylic acids is 1. The van der Waals surface area contributed by atoms with E-state index < -0.39 is 0 Å². The molecule has 1 amide bonds. The van der Waals surface area contributed by atoms with Crippen LogP contribution in [0.5, 0.6) is 5.75 Å². The van der Waals surface area contributed by atoms with Crippen LogP contribution in [-0.4, -0.2) is 31.1 Å². The summed E-state index contributed by atoms with van der Waals surface area (Å²) < 4.78 is 5.23. The van der Waals surface area contributed by atoms with Crippen molar-refractivity contribution in [2.45, 2.75) is 12.8 Å². The van der Waals surface area contributed by atoms with Gasteiger partial charge >= 0.3 is 0 Å². The molecule has 0 atom stereocenters. The number of hydrogen-bond acceptors (Lipinski definition) is 4. The number of hydrogen-bond donors (Lipinski definition) is 1. The number of anilines is 2. The Balaban J connectivity index is 1.35. The number of fused-ring (bicyclic) bond motifs is 1. The van der Waals surface area contributed by atoms with E-state index in [0.29, 0.717) is 12.1 Å². The van der Waals surface area contributed by atoms with E-state index >= 15 is 0 Å². The van der Waals surface area contributed by atoms with Gasteiger partial charge in [-0.15, -0.1) is 0 Å². The monoisotopic (exact) mass is 373 g/mol. The van der Waals surface area contributed by atoms with Crippen LogP contribution in [-0.2, 0) is 12.8 Å². The molecule has 0 aliphatic carbocycles. The van der Waals surface area contributed by atoms with Gasteiger partial charge in [0.25, 0.3) is 5.91 Å². The van der Waals surface area contributed by atoms with E-state index in [1.165, 1.54) is 11.3 Å². The molecule has 0 saturated carbocycles. The highest BCUT2D eigenvalue weighted by Crippen LogP contribution is 2.32. The lowest BCUT2D eigenvalue weighted by molar-refractivity contribution is 0.0954. The Morgan fingerprint density at radius 1 is 1.14 bits per heavy atom. The fraction of sp³-hybridized carbons (Fsp3) is 0.217. The Kier molecular flexibility index (Phi) is 5.24. The van der Waals surface area contributed by atoms with Gasteiger partial charge in [-0.05, 0) is 54.3 Å². The number of aromatic nitrogens is 1. The SMILES string of the molecule is COc1cccc(CCNC(=O)c2ccc(N3CCc4ccccc43)nc2)c1. The van der Waals surface area contributed by atoms with Crippen molar-refractivity contribution in [2.75, 3.05) is 25.1 Å². The van der Waals surface area contributed by atoms with Gasteiger partial charge in [0.2, 0.25) is 0 Å². The lowest BCUT2D eigenvalue weighted by atomic mass is 10.1. The van der Waals surface area contributed by atoms with Crippen LogP contribution >= 0.6 is 0 Å². The van der Waals surface area contributed by atoms with Gasteiger partial charge in [-0.2, -0.15) is 0 Å². The Morgan fingerprint density at radius 3 is 2.86 bits per heavy atom. The average molecular weight is 373 g/mol. The van der Waals surface area contributed by atoms with Gasteiger partial charge in [-0.25, -0.2) is 4.98 Å². The second-order valence-corrected chi connectivity index (χ2v) is 6.79. The second kappa shape index (κ2) is 8.13. The van der Waals surface area contributed by atoms with Crippen LogP contribution < -0.4 is 15.0 Å². The van der Waals surface area contributed by atoms with E-state index in [4.69, 9.17) is 4.74 Å². The van der Waals surface area contributed by atoms with Crippen molar-refractivity contribution >= 4 is 17.4 Å². The van der Waals surface area contributed by atoms with Crippen LogP contribution in [0.2, 0.25) is 0 Å². The van der Waals surface area contributed by atoms with E-state index in [0.717, 1.165) is 36.5 Å². The minimum absolute atomic E-state index is 0.108. The van der Waals surface area contributed by atoms with Crippen molar-refractivity contribution in [1.82, 2.24) is 10.3 Å². The predicted octanol–water partition coefficient (Wildman–Crippen LogP) is 3.76. The molecule has 28 heavy (non-hydrogen) atoms.